The highest BCUT2D eigenvalue weighted by molar-refractivity contribution is 5.73. The Balaban J connectivity index is 2.14. The molecule has 0 unspecified atom stereocenters. The Labute approximate surface area is 126 Å². The van der Waals surface area contributed by atoms with Crippen LogP contribution in [0.4, 0.5) is 0 Å². The summed E-state index contributed by atoms with van der Waals surface area (Å²) < 4.78 is 0. The molecule has 0 fully saturated rings. The standard InChI is InChI=1S/C20H19N/c1-14-10-18(17-7-5-4-6-8-17)12-19(11-14)20-16(3)9-15(2)13-21-20/h4-13H,1-3H3. The van der Waals surface area contributed by atoms with E-state index in [0.29, 0.717) is 0 Å². The van der Waals surface area contributed by atoms with Crippen LogP contribution in [0.15, 0.2) is 60.8 Å². The number of benzene rings is 2. The SMILES string of the molecule is Cc1cc(-c2ccccc2)cc(-c2ncc(C)cc2C)c1. The van der Waals surface area contributed by atoms with Crippen molar-refractivity contribution < 1.29 is 0 Å². The highest BCUT2D eigenvalue weighted by Crippen LogP contribution is 2.28. The molecule has 0 amide bonds. The fraction of sp³-hybridized carbons (Fsp3) is 0.150. The molecule has 0 aliphatic rings. The summed E-state index contributed by atoms with van der Waals surface area (Å²) in [6.07, 6.45) is 1.94. The molecule has 0 atom stereocenters. The Bertz CT molecular complexity index is 773. The van der Waals surface area contributed by atoms with Crippen molar-refractivity contribution in [2.24, 2.45) is 0 Å². The van der Waals surface area contributed by atoms with Gasteiger partial charge in [-0.3, -0.25) is 4.98 Å². The van der Waals surface area contributed by atoms with Crippen LogP contribution in [0.25, 0.3) is 22.4 Å². The molecule has 3 rings (SSSR count). The van der Waals surface area contributed by atoms with Crippen LogP contribution in [0.1, 0.15) is 16.7 Å². The van der Waals surface area contributed by atoms with Crippen LogP contribution < -0.4 is 0 Å². The van der Waals surface area contributed by atoms with Crippen LogP contribution in [-0.4, -0.2) is 4.98 Å². The first kappa shape index (κ1) is 13.6. The summed E-state index contributed by atoms with van der Waals surface area (Å²) in [6, 6.07) is 19.3. The van der Waals surface area contributed by atoms with E-state index in [4.69, 9.17) is 0 Å². The van der Waals surface area contributed by atoms with Crippen molar-refractivity contribution in [3.63, 3.8) is 0 Å². The summed E-state index contributed by atoms with van der Waals surface area (Å²) in [5.41, 5.74) is 8.42. The monoisotopic (exact) mass is 273 g/mol. The van der Waals surface area contributed by atoms with E-state index < -0.39 is 0 Å². The summed E-state index contributed by atoms with van der Waals surface area (Å²) >= 11 is 0. The molecule has 0 saturated carbocycles. The van der Waals surface area contributed by atoms with Crippen molar-refractivity contribution >= 4 is 0 Å². The van der Waals surface area contributed by atoms with Gasteiger partial charge >= 0.3 is 0 Å². The van der Waals surface area contributed by atoms with Crippen LogP contribution in [-0.2, 0) is 0 Å². The fourth-order valence-corrected chi connectivity index (χ4v) is 2.73. The minimum atomic E-state index is 1.07. The Kier molecular flexibility index (Phi) is 3.57. The third kappa shape index (κ3) is 2.87. The smallest absolute Gasteiger partial charge is 0.0731 e. The van der Waals surface area contributed by atoms with Gasteiger partial charge < -0.3 is 0 Å². The molecule has 0 spiro atoms. The zero-order valence-electron chi connectivity index (χ0n) is 12.7. The van der Waals surface area contributed by atoms with Crippen LogP contribution >= 0.6 is 0 Å². The average molecular weight is 273 g/mol. The van der Waals surface area contributed by atoms with Crippen molar-refractivity contribution in [1.82, 2.24) is 4.98 Å². The Morgan fingerprint density at radius 2 is 1.38 bits per heavy atom. The molecule has 2 aromatic carbocycles. The lowest BCUT2D eigenvalue weighted by Crippen LogP contribution is -1.91. The summed E-state index contributed by atoms with van der Waals surface area (Å²) in [7, 11) is 0. The van der Waals surface area contributed by atoms with E-state index in [0.717, 1.165) is 5.69 Å². The summed E-state index contributed by atoms with van der Waals surface area (Å²) in [4.78, 5) is 4.62. The molecule has 0 N–H and O–H groups in total. The van der Waals surface area contributed by atoms with Gasteiger partial charge in [-0.25, -0.2) is 0 Å². The summed E-state index contributed by atoms with van der Waals surface area (Å²) in [5.74, 6) is 0. The minimum absolute atomic E-state index is 1.07. The lowest BCUT2D eigenvalue weighted by molar-refractivity contribution is 1.22. The minimum Gasteiger partial charge on any atom is -0.256 e. The van der Waals surface area contributed by atoms with Gasteiger partial charge in [0.15, 0.2) is 0 Å². The maximum atomic E-state index is 4.62. The topological polar surface area (TPSA) is 12.9 Å². The second-order valence-corrected chi connectivity index (χ2v) is 5.63. The fourth-order valence-electron chi connectivity index (χ4n) is 2.73. The summed E-state index contributed by atoms with van der Waals surface area (Å²) in [6.45, 7) is 6.34. The van der Waals surface area contributed by atoms with Crippen LogP contribution in [0, 0.1) is 20.8 Å². The number of nitrogens with zero attached hydrogens (tertiary/aromatic N) is 1. The van der Waals surface area contributed by atoms with Crippen molar-refractivity contribution in [3.05, 3.63) is 77.5 Å². The molecule has 0 aliphatic carbocycles. The van der Waals surface area contributed by atoms with Gasteiger partial charge in [0.1, 0.15) is 0 Å². The van der Waals surface area contributed by atoms with E-state index in [1.807, 2.05) is 12.3 Å². The van der Waals surface area contributed by atoms with Crippen LogP contribution in [0.5, 0.6) is 0 Å². The van der Waals surface area contributed by atoms with Gasteiger partial charge in [-0.2, -0.15) is 0 Å². The average Bonchev–Trinajstić information content (AvgIpc) is 2.47. The van der Waals surface area contributed by atoms with Gasteiger partial charge in [0.2, 0.25) is 0 Å². The van der Waals surface area contributed by atoms with Crippen molar-refractivity contribution in [2.75, 3.05) is 0 Å². The van der Waals surface area contributed by atoms with E-state index in [-0.39, 0.29) is 0 Å². The molecule has 104 valence electrons. The van der Waals surface area contributed by atoms with E-state index in [2.05, 4.69) is 74.3 Å². The highest BCUT2D eigenvalue weighted by Gasteiger charge is 2.07. The van der Waals surface area contributed by atoms with Crippen LogP contribution in [0.2, 0.25) is 0 Å². The largest absolute Gasteiger partial charge is 0.256 e. The third-order valence-electron chi connectivity index (χ3n) is 3.67. The molecule has 0 aliphatic heterocycles. The van der Waals surface area contributed by atoms with Gasteiger partial charge in [0.05, 0.1) is 5.69 Å². The predicted molar refractivity (Wildman–Crippen MR) is 89.3 cm³/mol. The third-order valence-corrected chi connectivity index (χ3v) is 3.67. The Morgan fingerprint density at radius 3 is 2.10 bits per heavy atom. The van der Waals surface area contributed by atoms with E-state index in [1.54, 1.807) is 0 Å². The molecule has 1 nitrogen and oxygen atoms in total. The number of aryl methyl sites for hydroxylation is 3. The molecular formula is C20H19N. The number of rotatable bonds is 2. The molecule has 0 saturated heterocycles. The lowest BCUT2D eigenvalue weighted by Gasteiger charge is -2.10. The van der Waals surface area contributed by atoms with Gasteiger partial charge in [-0.1, -0.05) is 42.5 Å². The van der Waals surface area contributed by atoms with Crippen molar-refractivity contribution in [3.8, 4) is 22.4 Å². The quantitative estimate of drug-likeness (QED) is 0.614. The normalized spacial score (nSPS) is 10.6. The maximum absolute atomic E-state index is 4.62. The number of hydrogen-bond donors (Lipinski definition) is 0. The molecule has 3 aromatic rings. The predicted octanol–water partition coefficient (Wildman–Crippen LogP) is 5.34. The zero-order valence-corrected chi connectivity index (χ0v) is 12.7. The van der Waals surface area contributed by atoms with E-state index in [9.17, 15) is 0 Å². The van der Waals surface area contributed by atoms with Gasteiger partial charge in [0, 0.05) is 11.8 Å². The van der Waals surface area contributed by atoms with Gasteiger partial charge in [0.25, 0.3) is 0 Å². The number of aromatic nitrogens is 1. The molecule has 0 radical (unpaired) electrons. The Morgan fingerprint density at radius 1 is 0.667 bits per heavy atom. The zero-order chi connectivity index (χ0) is 14.8. The van der Waals surface area contributed by atoms with E-state index in [1.165, 1.54) is 33.4 Å². The number of hydrogen-bond acceptors (Lipinski definition) is 1. The van der Waals surface area contributed by atoms with Gasteiger partial charge in [-0.15, -0.1) is 0 Å². The first-order valence-electron chi connectivity index (χ1n) is 7.24. The second-order valence-electron chi connectivity index (χ2n) is 5.63. The molecule has 0 bridgehead atoms. The molecular weight excluding hydrogens is 254 g/mol. The maximum Gasteiger partial charge on any atom is 0.0731 e. The molecule has 1 heterocycles. The first-order chi connectivity index (χ1) is 10.1. The second kappa shape index (κ2) is 5.53. The first-order valence-corrected chi connectivity index (χ1v) is 7.24. The molecule has 1 heteroatoms. The Hall–Kier alpha value is -2.41. The number of pyridine rings is 1. The molecule has 21 heavy (non-hydrogen) atoms. The van der Waals surface area contributed by atoms with Gasteiger partial charge in [-0.05, 0) is 60.7 Å². The van der Waals surface area contributed by atoms with Crippen LogP contribution in [0.3, 0.4) is 0 Å². The lowest BCUT2D eigenvalue weighted by atomic mass is 9.97. The summed E-state index contributed by atoms with van der Waals surface area (Å²) in [5, 5.41) is 0. The highest BCUT2D eigenvalue weighted by atomic mass is 14.7. The van der Waals surface area contributed by atoms with E-state index >= 15 is 0 Å². The van der Waals surface area contributed by atoms with Crippen molar-refractivity contribution in [1.29, 1.82) is 0 Å². The molecule has 1 aromatic heterocycles. The van der Waals surface area contributed by atoms with Crippen molar-refractivity contribution in [2.45, 2.75) is 20.8 Å².